The summed E-state index contributed by atoms with van der Waals surface area (Å²) in [4.78, 5) is 31.7. The van der Waals surface area contributed by atoms with Gasteiger partial charge in [0, 0.05) is 0 Å². The van der Waals surface area contributed by atoms with Crippen molar-refractivity contribution >= 4 is 23.4 Å². The van der Waals surface area contributed by atoms with E-state index in [0.717, 1.165) is 0 Å². The maximum absolute atomic E-state index is 13.7. The van der Waals surface area contributed by atoms with Gasteiger partial charge in [-0.1, -0.05) is 23.5 Å². The van der Waals surface area contributed by atoms with Gasteiger partial charge < -0.3 is 24.1 Å². The number of thiazole rings is 1. The van der Waals surface area contributed by atoms with Crippen LogP contribution in [0, 0.1) is 0 Å². The summed E-state index contributed by atoms with van der Waals surface area (Å²) in [5.74, 6) is 0.421. The van der Waals surface area contributed by atoms with Crippen LogP contribution in [-0.4, -0.2) is 43.6 Å². The highest BCUT2D eigenvalue weighted by Crippen LogP contribution is 2.37. The van der Waals surface area contributed by atoms with Gasteiger partial charge in [-0.25, -0.2) is 9.79 Å². The van der Waals surface area contributed by atoms with E-state index in [9.17, 15) is 14.7 Å². The minimum atomic E-state index is -0.725. The summed E-state index contributed by atoms with van der Waals surface area (Å²) in [6.07, 6.45) is 1.67. The molecule has 0 bridgehead atoms. The zero-order valence-electron chi connectivity index (χ0n) is 20.5. The number of aromatic hydroxyl groups is 1. The van der Waals surface area contributed by atoms with Crippen molar-refractivity contribution in [1.29, 1.82) is 0 Å². The van der Waals surface area contributed by atoms with Gasteiger partial charge in [0.1, 0.15) is 5.75 Å². The summed E-state index contributed by atoms with van der Waals surface area (Å²) in [6.45, 7) is 3.65. The molecular formula is C26H26N2O7S. The molecule has 0 saturated carbocycles. The van der Waals surface area contributed by atoms with Crippen LogP contribution in [0.25, 0.3) is 6.08 Å². The first-order chi connectivity index (χ1) is 17.3. The second-order valence-electron chi connectivity index (χ2n) is 7.85. The van der Waals surface area contributed by atoms with Crippen LogP contribution in [0.4, 0.5) is 0 Å². The molecule has 2 heterocycles. The smallest absolute Gasteiger partial charge is 0.338 e. The summed E-state index contributed by atoms with van der Waals surface area (Å²) < 4.78 is 22.9. The van der Waals surface area contributed by atoms with E-state index in [-0.39, 0.29) is 29.4 Å². The van der Waals surface area contributed by atoms with Gasteiger partial charge >= 0.3 is 5.97 Å². The first kappa shape index (κ1) is 25.1. The Balaban J connectivity index is 1.94. The minimum absolute atomic E-state index is 0.132. The van der Waals surface area contributed by atoms with Gasteiger partial charge in [-0.05, 0) is 55.3 Å². The average Bonchev–Trinajstić information content (AvgIpc) is 3.18. The third kappa shape index (κ3) is 4.47. The number of allylic oxidation sites excluding steroid dienone is 1. The lowest BCUT2D eigenvalue weighted by Crippen LogP contribution is -2.39. The molecule has 0 aliphatic carbocycles. The standard InChI is InChI=1S/C26H26N2O7S/c1-6-35-25(31)21-14(2)27-26-28(22(21)16-7-9-17(32-3)10-8-16)24(30)20(36-26)13-15-11-18(33-4)23(29)19(12-15)34-5/h7-13,22,29H,6H2,1-5H3/b20-13+/t22-/m1/s1. The Morgan fingerprint density at radius 1 is 1.11 bits per heavy atom. The van der Waals surface area contributed by atoms with Gasteiger partial charge in [-0.2, -0.15) is 0 Å². The van der Waals surface area contributed by atoms with Crippen molar-refractivity contribution in [3.8, 4) is 23.0 Å². The number of aromatic nitrogens is 1. The van der Waals surface area contributed by atoms with E-state index in [4.69, 9.17) is 18.9 Å². The first-order valence-corrected chi connectivity index (χ1v) is 11.9. The van der Waals surface area contributed by atoms with E-state index >= 15 is 0 Å². The highest BCUT2D eigenvalue weighted by atomic mass is 32.1. The number of nitrogens with zero attached hydrogens (tertiary/aromatic N) is 2. The predicted molar refractivity (Wildman–Crippen MR) is 135 cm³/mol. The molecule has 10 heteroatoms. The molecule has 1 N–H and O–H groups in total. The van der Waals surface area contributed by atoms with Crippen LogP contribution in [0.3, 0.4) is 0 Å². The summed E-state index contributed by atoms with van der Waals surface area (Å²) in [5, 5.41) is 10.2. The monoisotopic (exact) mass is 510 g/mol. The number of phenolic OH excluding ortho intramolecular Hbond substituents is 1. The zero-order chi connectivity index (χ0) is 26.0. The van der Waals surface area contributed by atoms with Crippen LogP contribution < -0.4 is 29.1 Å². The minimum Gasteiger partial charge on any atom is -0.502 e. The second kappa shape index (κ2) is 10.3. The molecule has 0 radical (unpaired) electrons. The number of benzene rings is 2. The number of phenols is 1. The first-order valence-electron chi connectivity index (χ1n) is 11.1. The Morgan fingerprint density at radius 3 is 2.31 bits per heavy atom. The Labute approximate surface area is 211 Å². The fourth-order valence-corrected chi connectivity index (χ4v) is 5.09. The van der Waals surface area contributed by atoms with E-state index in [1.807, 2.05) is 12.1 Å². The maximum Gasteiger partial charge on any atom is 0.338 e. The molecule has 4 rings (SSSR count). The molecule has 0 spiro atoms. The van der Waals surface area contributed by atoms with Crippen molar-refractivity contribution in [2.75, 3.05) is 27.9 Å². The van der Waals surface area contributed by atoms with Gasteiger partial charge in [0.05, 0.1) is 49.8 Å². The number of methoxy groups -OCH3 is 3. The van der Waals surface area contributed by atoms with Crippen molar-refractivity contribution in [3.63, 3.8) is 0 Å². The van der Waals surface area contributed by atoms with E-state index in [1.54, 1.807) is 51.3 Å². The summed E-state index contributed by atoms with van der Waals surface area (Å²) >= 11 is 1.20. The van der Waals surface area contributed by atoms with Gasteiger partial charge in [0.2, 0.25) is 5.75 Å². The van der Waals surface area contributed by atoms with Crippen LogP contribution in [0.15, 0.2) is 57.5 Å². The largest absolute Gasteiger partial charge is 0.502 e. The molecule has 1 aliphatic rings. The van der Waals surface area contributed by atoms with Crippen LogP contribution in [0.5, 0.6) is 23.0 Å². The SMILES string of the molecule is CCOC(=O)C1=C(C)N=c2s/c(=C/c3cc(OC)c(O)c(OC)c3)c(=O)n2[C@@H]1c1ccc(OC)cc1. The molecule has 36 heavy (non-hydrogen) atoms. The van der Waals surface area contributed by atoms with E-state index in [1.165, 1.54) is 30.1 Å². The average molecular weight is 511 g/mol. The van der Waals surface area contributed by atoms with Crippen molar-refractivity contribution in [2.24, 2.45) is 4.99 Å². The van der Waals surface area contributed by atoms with Gasteiger partial charge in [-0.3, -0.25) is 9.36 Å². The van der Waals surface area contributed by atoms with Crippen molar-refractivity contribution in [3.05, 3.63) is 78.5 Å². The summed E-state index contributed by atoms with van der Waals surface area (Å²) in [6, 6.07) is 9.66. The number of ether oxygens (including phenoxy) is 4. The Bertz CT molecular complexity index is 1490. The number of esters is 1. The highest BCUT2D eigenvalue weighted by molar-refractivity contribution is 7.07. The lowest BCUT2D eigenvalue weighted by Gasteiger charge is -2.24. The lowest BCUT2D eigenvalue weighted by atomic mass is 9.96. The van der Waals surface area contributed by atoms with Crippen molar-refractivity contribution < 1.29 is 28.8 Å². The lowest BCUT2D eigenvalue weighted by molar-refractivity contribution is -0.139. The molecule has 1 atom stereocenters. The molecule has 188 valence electrons. The number of rotatable bonds is 7. The molecule has 0 saturated heterocycles. The normalized spacial score (nSPS) is 15.2. The fraction of sp³-hybridized carbons (Fsp3) is 0.269. The summed E-state index contributed by atoms with van der Waals surface area (Å²) in [7, 11) is 4.43. The van der Waals surface area contributed by atoms with E-state index in [2.05, 4.69) is 4.99 Å². The fourth-order valence-electron chi connectivity index (χ4n) is 4.04. The molecule has 2 aromatic carbocycles. The molecule has 0 unspecified atom stereocenters. The summed E-state index contributed by atoms with van der Waals surface area (Å²) in [5.41, 5.74) is 1.77. The number of hydrogen-bond donors (Lipinski definition) is 1. The number of hydrogen-bond acceptors (Lipinski definition) is 9. The number of carbonyl (C=O) groups is 1. The van der Waals surface area contributed by atoms with Crippen LogP contribution >= 0.6 is 11.3 Å². The van der Waals surface area contributed by atoms with E-state index in [0.29, 0.717) is 37.5 Å². The molecule has 0 fully saturated rings. The van der Waals surface area contributed by atoms with Gasteiger partial charge in [-0.15, -0.1) is 0 Å². The number of fused-ring (bicyclic) bond motifs is 1. The molecule has 0 amide bonds. The Kier molecular flexibility index (Phi) is 7.16. The molecule has 9 nitrogen and oxygen atoms in total. The van der Waals surface area contributed by atoms with Gasteiger partial charge in [0.25, 0.3) is 5.56 Å². The van der Waals surface area contributed by atoms with Crippen molar-refractivity contribution in [2.45, 2.75) is 19.9 Å². The van der Waals surface area contributed by atoms with Gasteiger partial charge in [0.15, 0.2) is 16.3 Å². The maximum atomic E-state index is 13.7. The van der Waals surface area contributed by atoms with Crippen LogP contribution in [0.2, 0.25) is 0 Å². The van der Waals surface area contributed by atoms with Crippen LogP contribution in [0.1, 0.15) is 31.0 Å². The molecule has 3 aromatic rings. The highest BCUT2D eigenvalue weighted by Gasteiger charge is 2.33. The predicted octanol–water partition coefficient (Wildman–Crippen LogP) is 2.53. The quantitative estimate of drug-likeness (QED) is 0.487. The Morgan fingerprint density at radius 2 is 1.75 bits per heavy atom. The third-order valence-corrected chi connectivity index (χ3v) is 6.73. The van der Waals surface area contributed by atoms with Crippen molar-refractivity contribution in [1.82, 2.24) is 4.57 Å². The molecular weight excluding hydrogens is 484 g/mol. The molecule has 1 aliphatic heterocycles. The van der Waals surface area contributed by atoms with Crippen LogP contribution in [-0.2, 0) is 9.53 Å². The second-order valence-corrected chi connectivity index (χ2v) is 8.86. The number of carbonyl (C=O) groups excluding carboxylic acids is 1. The third-order valence-electron chi connectivity index (χ3n) is 5.75. The zero-order valence-corrected chi connectivity index (χ0v) is 21.3. The Hall–Kier alpha value is -4.05. The van der Waals surface area contributed by atoms with E-state index < -0.39 is 12.0 Å². The molecule has 1 aromatic heterocycles. The topological polar surface area (TPSA) is 109 Å².